The zero-order valence-corrected chi connectivity index (χ0v) is 10.9. The standard InChI is InChI=1S/C13H17ClN2O2/c14-11-3-1-2-4-12(11)18-9-13(17)16-7-5-10(15)6-8-16/h1-4,10H,5-9,15H2. The molecule has 0 radical (unpaired) electrons. The second-order valence-corrected chi connectivity index (χ2v) is 4.84. The fourth-order valence-electron chi connectivity index (χ4n) is 1.94. The third kappa shape index (κ3) is 3.37. The number of rotatable bonds is 3. The number of benzene rings is 1. The molecule has 5 heteroatoms. The van der Waals surface area contributed by atoms with Gasteiger partial charge in [-0.25, -0.2) is 0 Å². The smallest absolute Gasteiger partial charge is 0.260 e. The topological polar surface area (TPSA) is 55.6 Å². The number of likely N-dealkylation sites (tertiary alicyclic amines) is 1. The van der Waals surface area contributed by atoms with Gasteiger partial charge < -0.3 is 15.4 Å². The van der Waals surface area contributed by atoms with E-state index in [1.807, 2.05) is 12.1 Å². The van der Waals surface area contributed by atoms with Gasteiger partial charge in [0.15, 0.2) is 6.61 Å². The second kappa shape index (κ2) is 6.07. The molecule has 1 heterocycles. The first kappa shape index (κ1) is 13.2. The number of carbonyl (C=O) groups excluding carboxylic acids is 1. The highest BCUT2D eigenvalue weighted by Gasteiger charge is 2.20. The lowest BCUT2D eigenvalue weighted by molar-refractivity contribution is -0.134. The lowest BCUT2D eigenvalue weighted by atomic mass is 10.1. The monoisotopic (exact) mass is 268 g/mol. The van der Waals surface area contributed by atoms with Crippen LogP contribution in [0.1, 0.15) is 12.8 Å². The van der Waals surface area contributed by atoms with Gasteiger partial charge in [-0.1, -0.05) is 23.7 Å². The minimum absolute atomic E-state index is 0.0122. The van der Waals surface area contributed by atoms with E-state index in [9.17, 15) is 4.79 Å². The molecule has 0 unspecified atom stereocenters. The maximum atomic E-state index is 11.9. The molecule has 4 nitrogen and oxygen atoms in total. The Morgan fingerprint density at radius 3 is 2.72 bits per heavy atom. The van der Waals surface area contributed by atoms with Gasteiger partial charge in [0.05, 0.1) is 5.02 Å². The van der Waals surface area contributed by atoms with E-state index in [4.69, 9.17) is 22.1 Å². The molecule has 1 aromatic carbocycles. The Kier molecular flexibility index (Phi) is 4.44. The largest absolute Gasteiger partial charge is 0.482 e. The number of nitrogens with zero attached hydrogens (tertiary/aromatic N) is 1. The van der Waals surface area contributed by atoms with Crippen LogP contribution in [0.3, 0.4) is 0 Å². The molecular formula is C13H17ClN2O2. The summed E-state index contributed by atoms with van der Waals surface area (Å²) in [6.07, 6.45) is 1.72. The summed E-state index contributed by atoms with van der Waals surface area (Å²) >= 11 is 5.95. The average Bonchev–Trinajstić information content (AvgIpc) is 2.38. The van der Waals surface area contributed by atoms with E-state index in [1.54, 1.807) is 17.0 Å². The van der Waals surface area contributed by atoms with Gasteiger partial charge in [-0.05, 0) is 25.0 Å². The zero-order valence-electron chi connectivity index (χ0n) is 10.1. The molecule has 1 saturated heterocycles. The van der Waals surface area contributed by atoms with E-state index in [1.165, 1.54) is 0 Å². The molecule has 1 aromatic rings. The molecule has 2 N–H and O–H groups in total. The van der Waals surface area contributed by atoms with Crippen molar-refractivity contribution < 1.29 is 9.53 Å². The van der Waals surface area contributed by atoms with Gasteiger partial charge in [0.1, 0.15) is 5.75 Å². The molecule has 0 spiro atoms. The lowest BCUT2D eigenvalue weighted by Gasteiger charge is -2.30. The molecule has 18 heavy (non-hydrogen) atoms. The van der Waals surface area contributed by atoms with Crippen molar-refractivity contribution in [2.75, 3.05) is 19.7 Å². The van der Waals surface area contributed by atoms with Gasteiger partial charge in [-0.15, -0.1) is 0 Å². The van der Waals surface area contributed by atoms with Crippen molar-refractivity contribution in [3.63, 3.8) is 0 Å². The number of hydrogen-bond donors (Lipinski definition) is 1. The highest BCUT2D eigenvalue weighted by atomic mass is 35.5. The number of piperidine rings is 1. The number of halogens is 1. The highest BCUT2D eigenvalue weighted by Crippen LogP contribution is 2.23. The third-order valence-corrected chi connectivity index (χ3v) is 3.39. The second-order valence-electron chi connectivity index (χ2n) is 4.44. The number of carbonyl (C=O) groups is 1. The predicted octanol–water partition coefficient (Wildman–Crippen LogP) is 1.67. The van der Waals surface area contributed by atoms with Crippen LogP contribution in [0, 0.1) is 0 Å². The Morgan fingerprint density at radius 1 is 1.39 bits per heavy atom. The summed E-state index contributed by atoms with van der Waals surface area (Å²) < 4.78 is 5.42. The van der Waals surface area contributed by atoms with Gasteiger partial charge in [-0.2, -0.15) is 0 Å². The van der Waals surface area contributed by atoms with Crippen LogP contribution in [0.25, 0.3) is 0 Å². The first-order valence-corrected chi connectivity index (χ1v) is 6.45. The van der Waals surface area contributed by atoms with Crippen molar-refractivity contribution in [3.8, 4) is 5.75 Å². The van der Waals surface area contributed by atoms with Gasteiger partial charge >= 0.3 is 0 Å². The SMILES string of the molecule is NC1CCN(C(=O)COc2ccccc2Cl)CC1. The van der Waals surface area contributed by atoms with Crippen molar-refractivity contribution in [2.45, 2.75) is 18.9 Å². The number of ether oxygens (including phenoxy) is 1. The number of hydrogen-bond acceptors (Lipinski definition) is 3. The molecule has 2 rings (SSSR count). The minimum Gasteiger partial charge on any atom is -0.482 e. The number of nitrogens with two attached hydrogens (primary N) is 1. The summed E-state index contributed by atoms with van der Waals surface area (Å²) in [5.41, 5.74) is 5.80. The van der Waals surface area contributed by atoms with Crippen LogP contribution >= 0.6 is 11.6 Å². The van der Waals surface area contributed by atoms with Crippen LogP contribution in [0.2, 0.25) is 5.02 Å². The minimum atomic E-state index is -0.0122. The fourth-order valence-corrected chi connectivity index (χ4v) is 2.13. The van der Waals surface area contributed by atoms with Gasteiger partial charge in [0.25, 0.3) is 5.91 Å². The average molecular weight is 269 g/mol. The lowest BCUT2D eigenvalue weighted by Crippen LogP contribution is -2.44. The summed E-state index contributed by atoms with van der Waals surface area (Å²) in [5.74, 6) is 0.531. The van der Waals surface area contributed by atoms with E-state index in [2.05, 4.69) is 0 Å². The fraction of sp³-hybridized carbons (Fsp3) is 0.462. The van der Waals surface area contributed by atoms with Crippen LogP contribution < -0.4 is 10.5 Å². The predicted molar refractivity (Wildman–Crippen MR) is 70.7 cm³/mol. The van der Waals surface area contributed by atoms with Crippen molar-refractivity contribution in [3.05, 3.63) is 29.3 Å². The van der Waals surface area contributed by atoms with Gasteiger partial charge in [0.2, 0.25) is 0 Å². The highest BCUT2D eigenvalue weighted by molar-refractivity contribution is 6.32. The van der Waals surface area contributed by atoms with Crippen LogP contribution in [0.5, 0.6) is 5.75 Å². The van der Waals surface area contributed by atoms with Crippen LogP contribution in [0.4, 0.5) is 0 Å². The maximum Gasteiger partial charge on any atom is 0.260 e. The van der Waals surface area contributed by atoms with Crippen molar-refractivity contribution >= 4 is 17.5 Å². The summed E-state index contributed by atoms with van der Waals surface area (Å²) in [4.78, 5) is 13.7. The Labute approximate surface area is 112 Å². The van der Waals surface area contributed by atoms with Crippen LogP contribution in [-0.2, 0) is 4.79 Å². The molecule has 1 amide bonds. The molecule has 1 fully saturated rings. The third-order valence-electron chi connectivity index (χ3n) is 3.08. The summed E-state index contributed by atoms with van der Waals surface area (Å²) in [6.45, 7) is 1.46. The van der Waals surface area contributed by atoms with Crippen LogP contribution in [-0.4, -0.2) is 36.5 Å². The first-order chi connectivity index (χ1) is 8.66. The molecule has 0 bridgehead atoms. The Balaban J connectivity index is 1.83. The van der Waals surface area contributed by atoms with Crippen molar-refractivity contribution in [1.82, 2.24) is 4.90 Å². The normalized spacial score (nSPS) is 16.7. The van der Waals surface area contributed by atoms with Crippen LogP contribution in [0.15, 0.2) is 24.3 Å². The Morgan fingerprint density at radius 2 is 2.06 bits per heavy atom. The van der Waals surface area contributed by atoms with Gasteiger partial charge in [-0.3, -0.25) is 4.79 Å². The Bertz CT molecular complexity index is 417. The zero-order chi connectivity index (χ0) is 13.0. The summed E-state index contributed by atoms with van der Waals surface area (Å²) in [7, 11) is 0. The van der Waals surface area contributed by atoms with Crippen molar-refractivity contribution in [1.29, 1.82) is 0 Å². The Hall–Kier alpha value is -1.26. The molecule has 0 aliphatic carbocycles. The van der Waals surface area contributed by atoms with E-state index in [-0.39, 0.29) is 18.6 Å². The van der Waals surface area contributed by atoms with E-state index >= 15 is 0 Å². The van der Waals surface area contributed by atoms with Crippen molar-refractivity contribution in [2.24, 2.45) is 5.73 Å². The molecule has 0 aromatic heterocycles. The van der Waals surface area contributed by atoms with E-state index in [0.29, 0.717) is 23.9 Å². The molecule has 0 atom stereocenters. The number of para-hydroxylation sites is 1. The summed E-state index contributed by atoms with van der Waals surface area (Å²) in [5, 5.41) is 0.519. The van der Waals surface area contributed by atoms with E-state index < -0.39 is 0 Å². The summed E-state index contributed by atoms with van der Waals surface area (Å²) in [6, 6.07) is 7.36. The maximum absolute atomic E-state index is 11.9. The molecule has 1 aliphatic rings. The molecular weight excluding hydrogens is 252 g/mol. The van der Waals surface area contributed by atoms with E-state index in [0.717, 1.165) is 12.8 Å². The number of amides is 1. The molecule has 1 aliphatic heterocycles. The van der Waals surface area contributed by atoms with Gasteiger partial charge in [0, 0.05) is 19.1 Å². The molecule has 98 valence electrons. The quantitative estimate of drug-likeness (QED) is 0.907. The molecule has 0 saturated carbocycles. The first-order valence-electron chi connectivity index (χ1n) is 6.07.